The highest BCUT2D eigenvalue weighted by Crippen LogP contribution is 2.49. The molecule has 36 heavy (non-hydrogen) atoms. The second-order valence-electron chi connectivity index (χ2n) is 8.57. The van der Waals surface area contributed by atoms with Gasteiger partial charge in [-0.1, -0.05) is 5.16 Å². The van der Waals surface area contributed by atoms with Crippen molar-refractivity contribution in [3.63, 3.8) is 0 Å². The maximum Gasteiger partial charge on any atom is 0.416 e. The summed E-state index contributed by atoms with van der Waals surface area (Å²) in [5.74, 6) is -4.89. The molecule has 0 aliphatic carbocycles. The van der Waals surface area contributed by atoms with E-state index < -0.39 is 90.2 Å². The van der Waals surface area contributed by atoms with Crippen molar-refractivity contribution in [2.45, 2.75) is 44.2 Å². The number of alkyl halides is 5. The number of amides is 4. The Morgan fingerprint density at radius 3 is 2.42 bits per heavy atom. The summed E-state index contributed by atoms with van der Waals surface area (Å²) >= 11 is 0. The first kappa shape index (κ1) is 24.0. The molecule has 16 heteroatoms. The van der Waals surface area contributed by atoms with Gasteiger partial charge in [-0.25, -0.2) is 9.18 Å². The summed E-state index contributed by atoms with van der Waals surface area (Å²) in [4.78, 5) is 42.4. The summed E-state index contributed by atoms with van der Waals surface area (Å²) in [6.45, 7) is 0.341. The van der Waals surface area contributed by atoms with Crippen LogP contribution in [-0.2, 0) is 20.7 Å². The first-order chi connectivity index (χ1) is 16.8. The number of aromatic nitrogens is 2. The van der Waals surface area contributed by atoms with Gasteiger partial charge in [-0.2, -0.15) is 26.9 Å². The summed E-state index contributed by atoms with van der Waals surface area (Å²) in [5.41, 5.74) is -2.65. The highest BCUT2D eigenvalue weighted by molar-refractivity contribution is 6.20. The number of hydrogen-bond acceptors (Lipinski definition) is 8. The van der Waals surface area contributed by atoms with Gasteiger partial charge in [0.2, 0.25) is 17.6 Å². The van der Waals surface area contributed by atoms with Gasteiger partial charge in [-0.15, -0.1) is 0 Å². The Morgan fingerprint density at radius 2 is 1.83 bits per heavy atom. The Hall–Kier alpha value is -3.69. The van der Waals surface area contributed by atoms with Crippen LogP contribution >= 0.6 is 0 Å². The van der Waals surface area contributed by atoms with Crippen LogP contribution in [0.4, 0.5) is 36.8 Å². The van der Waals surface area contributed by atoms with Crippen LogP contribution in [0.2, 0.25) is 0 Å². The minimum absolute atomic E-state index is 0.0146. The molecule has 0 saturated carbocycles. The number of carbonyl (C=O) groups is 3. The van der Waals surface area contributed by atoms with Crippen molar-refractivity contribution >= 4 is 23.5 Å². The molecule has 1 spiro atoms. The van der Waals surface area contributed by atoms with Gasteiger partial charge in [0.15, 0.2) is 11.5 Å². The molecule has 2 N–H and O–H groups in total. The van der Waals surface area contributed by atoms with Crippen LogP contribution in [0.5, 0.6) is 0 Å². The van der Waals surface area contributed by atoms with Gasteiger partial charge in [0, 0.05) is 5.69 Å². The van der Waals surface area contributed by atoms with Crippen molar-refractivity contribution in [3.8, 4) is 11.4 Å². The van der Waals surface area contributed by atoms with E-state index in [2.05, 4.69) is 14.7 Å². The summed E-state index contributed by atoms with van der Waals surface area (Å²) in [6.07, 6.45) is -12.1. The number of barbiturate groups is 1. The lowest BCUT2D eigenvalue weighted by Gasteiger charge is -2.55. The van der Waals surface area contributed by atoms with Gasteiger partial charge in [-0.3, -0.25) is 20.2 Å². The van der Waals surface area contributed by atoms with E-state index in [1.807, 2.05) is 10.6 Å². The normalized spacial score (nSPS) is 25.5. The number of anilines is 1. The second kappa shape index (κ2) is 7.91. The topological polar surface area (TPSA) is 127 Å². The molecule has 10 nitrogen and oxygen atoms in total. The number of morpholine rings is 1. The maximum absolute atomic E-state index is 15.1. The number of carbonyl (C=O) groups excluding carboxylic acids is 3. The monoisotopic (exact) mass is 519 g/mol. The third kappa shape index (κ3) is 3.50. The van der Waals surface area contributed by atoms with E-state index in [1.165, 1.54) is 6.92 Å². The van der Waals surface area contributed by atoms with Crippen molar-refractivity contribution in [2.24, 2.45) is 5.41 Å². The molecule has 3 atom stereocenters. The van der Waals surface area contributed by atoms with E-state index in [9.17, 15) is 36.3 Å². The number of hydrogen-bond donors (Lipinski definition) is 2. The molecule has 4 amide bonds. The number of urea groups is 1. The minimum atomic E-state index is -4.83. The fraction of sp³-hybridized carbons (Fsp3) is 0.450. The van der Waals surface area contributed by atoms with Gasteiger partial charge in [0.05, 0.1) is 24.3 Å². The average Bonchev–Trinajstić information content (AvgIpc) is 3.27. The predicted molar refractivity (Wildman–Crippen MR) is 104 cm³/mol. The molecular weight excluding hydrogens is 504 g/mol. The van der Waals surface area contributed by atoms with Gasteiger partial charge in [0.25, 0.3) is 5.89 Å². The third-order valence-corrected chi connectivity index (χ3v) is 6.47. The van der Waals surface area contributed by atoms with Crippen molar-refractivity contribution in [1.29, 1.82) is 0 Å². The molecule has 1 aromatic carbocycles. The lowest BCUT2D eigenvalue weighted by atomic mass is 9.66. The van der Waals surface area contributed by atoms with Gasteiger partial charge < -0.3 is 14.2 Å². The molecule has 2 aromatic rings. The zero-order chi connectivity index (χ0) is 26.2. The fourth-order valence-electron chi connectivity index (χ4n) is 5.04. The third-order valence-electron chi connectivity index (χ3n) is 6.47. The molecule has 0 bridgehead atoms. The van der Waals surface area contributed by atoms with Crippen LogP contribution in [0, 0.1) is 11.2 Å². The number of fused-ring (bicyclic) bond motifs is 4. The van der Waals surface area contributed by atoms with Crippen molar-refractivity contribution in [1.82, 2.24) is 20.8 Å². The summed E-state index contributed by atoms with van der Waals surface area (Å²) < 4.78 is 91.2. The van der Waals surface area contributed by atoms with Crippen LogP contribution in [0.3, 0.4) is 0 Å². The molecule has 0 radical (unpaired) electrons. The Morgan fingerprint density at radius 1 is 1.17 bits per heavy atom. The van der Waals surface area contributed by atoms with Crippen molar-refractivity contribution < 1.29 is 50.0 Å². The molecule has 0 unspecified atom stereocenters. The molecule has 192 valence electrons. The molecule has 2 fully saturated rings. The van der Waals surface area contributed by atoms with E-state index in [-0.39, 0.29) is 11.3 Å². The Balaban J connectivity index is 1.68. The van der Waals surface area contributed by atoms with Crippen molar-refractivity contribution in [3.05, 3.63) is 29.4 Å². The number of rotatable bonds is 2. The van der Waals surface area contributed by atoms with Crippen LogP contribution < -0.4 is 15.5 Å². The number of benzene rings is 1. The van der Waals surface area contributed by atoms with Crippen LogP contribution in [0.15, 0.2) is 16.7 Å². The Bertz CT molecular complexity index is 1260. The highest BCUT2D eigenvalue weighted by Gasteiger charge is 2.64. The smallest absolute Gasteiger partial charge is 0.362 e. The largest absolute Gasteiger partial charge is 0.416 e. The number of nitrogens with zero attached hydrogens (tertiary/aromatic N) is 3. The summed E-state index contributed by atoms with van der Waals surface area (Å²) in [6, 6.07) is -0.574. The number of halogens is 6. The summed E-state index contributed by atoms with van der Waals surface area (Å²) in [5, 5.41) is 7.22. The lowest BCUT2D eigenvalue weighted by molar-refractivity contribution is -0.242. The van der Waals surface area contributed by atoms with Gasteiger partial charge >= 0.3 is 18.6 Å². The van der Waals surface area contributed by atoms with E-state index in [1.54, 1.807) is 0 Å². The SMILES string of the molecule is C[C@@H]1O[C@H](C(F)(F)F)CN2c3cc(F)c(-c4noc(C(F)F)n4)cc3CC3(C(=O)NC(=O)NC3=O)[C@@H]12. The van der Waals surface area contributed by atoms with Crippen LogP contribution in [0.25, 0.3) is 11.4 Å². The van der Waals surface area contributed by atoms with E-state index in [4.69, 9.17) is 4.74 Å². The second-order valence-corrected chi connectivity index (χ2v) is 8.57. The first-order valence-electron chi connectivity index (χ1n) is 10.4. The lowest BCUT2D eigenvalue weighted by Crippen LogP contribution is -2.76. The van der Waals surface area contributed by atoms with E-state index >= 15 is 4.39 Å². The standard InChI is InChI=1S/C20H15F6N5O5/c1-6-12-19(16(32)28-18(34)29-17(19)33)4-7-2-8(14-27-15(13(22)23)36-30-14)9(21)3-10(7)31(12)5-11(35-6)20(24,25)26/h2-3,6,11-13H,4-5H2,1H3,(H2,28,29,32,33,34)/t6-,11-,12+/m0/s1. The minimum Gasteiger partial charge on any atom is -0.362 e. The quantitative estimate of drug-likeness (QED) is 0.457. The van der Waals surface area contributed by atoms with Crippen LogP contribution in [-0.4, -0.2) is 59.0 Å². The predicted octanol–water partition coefficient (Wildman–Crippen LogP) is 2.25. The van der Waals surface area contributed by atoms with Gasteiger partial charge in [-0.05, 0) is 31.0 Å². The Labute approximate surface area is 196 Å². The molecule has 3 aliphatic heterocycles. The average molecular weight is 519 g/mol. The van der Waals surface area contributed by atoms with Gasteiger partial charge in [0.1, 0.15) is 5.82 Å². The maximum atomic E-state index is 15.1. The van der Waals surface area contributed by atoms with E-state index in [0.29, 0.717) is 0 Å². The first-order valence-corrected chi connectivity index (χ1v) is 10.4. The summed E-state index contributed by atoms with van der Waals surface area (Å²) in [7, 11) is 0. The fourth-order valence-corrected chi connectivity index (χ4v) is 5.04. The number of ether oxygens (including phenoxy) is 1. The molecule has 4 heterocycles. The Kier molecular flexibility index (Phi) is 5.28. The molecular formula is C20H15F6N5O5. The zero-order valence-corrected chi connectivity index (χ0v) is 18.0. The van der Waals surface area contributed by atoms with E-state index in [0.717, 1.165) is 17.0 Å². The molecule has 3 aliphatic rings. The number of nitrogens with one attached hydrogen (secondary N) is 2. The van der Waals surface area contributed by atoms with Crippen LogP contribution in [0.1, 0.15) is 24.8 Å². The molecule has 5 rings (SSSR count). The highest BCUT2D eigenvalue weighted by atomic mass is 19.4. The molecule has 2 saturated heterocycles. The number of imide groups is 2. The molecule has 1 aromatic heterocycles. The zero-order valence-electron chi connectivity index (χ0n) is 18.0. The van der Waals surface area contributed by atoms with Crippen molar-refractivity contribution in [2.75, 3.05) is 11.4 Å².